The summed E-state index contributed by atoms with van der Waals surface area (Å²) in [5.41, 5.74) is 3.81. The molecule has 0 atom stereocenters. The maximum Gasteiger partial charge on any atom is 0.296 e. The van der Waals surface area contributed by atoms with Gasteiger partial charge in [0.1, 0.15) is 0 Å². The lowest BCUT2D eigenvalue weighted by atomic mass is 10.1. The molecular weight excluding hydrogens is 358 g/mol. The molecule has 0 radical (unpaired) electrons. The number of hydrogen-bond acceptors (Lipinski definition) is 5. The Balaban J connectivity index is 1.65. The summed E-state index contributed by atoms with van der Waals surface area (Å²) in [6.07, 6.45) is 0. The summed E-state index contributed by atoms with van der Waals surface area (Å²) in [6.45, 7) is 5.79. The van der Waals surface area contributed by atoms with Gasteiger partial charge in [0.05, 0.1) is 0 Å². The first-order valence-corrected chi connectivity index (χ1v) is 9.25. The number of hydrogen-bond donors (Lipinski definition) is 1. The summed E-state index contributed by atoms with van der Waals surface area (Å²) in [6, 6.07) is 16.1. The molecule has 3 rings (SSSR count). The minimum Gasteiger partial charge on any atom is -0.319 e. The Morgan fingerprint density at radius 3 is 2.04 bits per heavy atom. The third-order valence-electron chi connectivity index (χ3n) is 3.80. The van der Waals surface area contributed by atoms with Gasteiger partial charge in [0.25, 0.3) is 11.7 Å². The van der Waals surface area contributed by atoms with E-state index in [1.165, 1.54) is 11.8 Å². The van der Waals surface area contributed by atoms with Gasteiger partial charge in [0, 0.05) is 27.5 Å². The Labute approximate surface area is 162 Å². The molecule has 0 aliphatic heterocycles. The molecule has 0 unspecified atom stereocenters. The summed E-state index contributed by atoms with van der Waals surface area (Å²) >= 11 is 1.45. The first-order valence-electron chi connectivity index (χ1n) is 8.43. The van der Waals surface area contributed by atoms with E-state index in [-0.39, 0.29) is 0 Å². The van der Waals surface area contributed by atoms with Crippen LogP contribution in [0.4, 0.5) is 5.69 Å². The predicted octanol–water partition coefficient (Wildman–Crippen LogP) is 4.37. The van der Waals surface area contributed by atoms with Crippen molar-refractivity contribution in [2.75, 3.05) is 5.32 Å². The van der Waals surface area contributed by atoms with Gasteiger partial charge in [-0.2, -0.15) is 0 Å². The van der Waals surface area contributed by atoms with Crippen LogP contribution in [0.5, 0.6) is 0 Å². The lowest BCUT2D eigenvalue weighted by Gasteiger charge is -2.07. The lowest BCUT2D eigenvalue weighted by Crippen LogP contribution is -2.22. The molecule has 0 aliphatic rings. The normalized spacial score (nSPS) is 10.5. The van der Waals surface area contributed by atoms with Crippen LogP contribution in [0, 0.1) is 20.8 Å². The average Bonchev–Trinajstić information content (AvgIpc) is 2.62. The number of amides is 1. The third-order valence-corrected chi connectivity index (χ3v) is 4.68. The Bertz CT molecular complexity index is 963. The predicted molar refractivity (Wildman–Crippen MR) is 106 cm³/mol. The van der Waals surface area contributed by atoms with E-state index in [0.717, 1.165) is 21.8 Å². The van der Waals surface area contributed by atoms with E-state index >= 15 is 0 Å². The Kier molecular flexibility index (Phi) is 5.66. The maximum atomic E-state index is 12.2. The van der Waals surface area contributed by atoms with E-state index in [1.54, 1.807) is 24.3 Å². The second kappa shape index (κ2) is 8.14. The zero-order valence-corrected chi connectivity index (χ0v) is 16.1. The van der Waals surface area contributed by atoms with E-state index in [9.17, 15) is 9.59 Å². The van der Waals surface area contributed by atoms with Crippen LogP contribution in [0.3, 0.4) is 0 Å². The molecule has 1 amide bonds. The van der Waals surface area contributed by atoms with Gasteiger partial charge in [-0.1, -0.05) is 29.8 Å². The number of ketones is 1. The summed E-state index contributed by atoms with van der Waals surface area (Å²) in [4.78, 5) is 34.1. The summed E-state index contributed by atoms with van der Waals surface area (Å²) in [5, 5.41) is 3.31. The van der Waals surface area contributed by atoms with Crippen LogP contribution >= 0.6 is 11.8 Å². The van der Waals surface area contributed by atoms with Crippen molar-refractivity contribution in [3.63, 3.8) is 0 Å². The van der Waals surface area contributed by atoms with E-state index in [1.807, 2.05) is 51.1 Å². The maximum absolute atomic E-state index is 12.2. The first-order chi connectivity index (χ1) is 12.9. The molecule has 0 bridgehead atoms. The van der Waals surface area contributed by atoms with Crippen LogP contribution in [0.25, 0.3) is 0 Å². The molecular formula is C21H19N3O2S. The van der Waals surface area contributed by atoms with Crippen molar-refractivity contribution < 1.29 is 9.59 Å². The monoisotopic (exact) mass is 377 g/mol. The number of rotatable bonds is 5. The molecule has 5 nitrogen and oxygen atoms in total. The third kappa shape index (κ3) is 5.01. The number of aryl methyl sites for hydroxylation is 3. The number of Topliss-reactive ketones (excluding diaryl/α,β-unsaturated/α-hetero) is 1. The fraction of sp³-hybridized carbons (Fsp3) is 0.143. The van der Waals surface area contributed by atoms with Crippen LogP contribution < -0.4 is 5.32 Å². The standard InChI is InChI=1S/C21H19N3O2S/c1-13-4-6-16(7-5-13)19(25)20(26)24-17-8-10-18(11-9-17)27-21-22-14(2)12-15(3)23-21/h4-12H,1-3H3,(H,24,26). The number of anilines is 1. The Morgan fingerprint density at radius 1 is 0.852 bits per heavy atom. The molecule has 0 aliphatic carbocycles. The zero-order valence-electron chi connectivity index (χ0n) is 15.3. The molecule has 0 spiro atoms. The van der Waals surface area contributed by atoms with Crippen molar-refractivity contribution in [3.8, 4) is 0 Å². The van der Waals surface area contributed by atoms with E-state index in [0.29, 0.717) is 16.4 Å². The number of benzene rings is 2. The van der Waals surface area contributed by atoms with Crippen LogP contribution in [-0.2, 0) is 4.79 Å². The molecule has 0 saturated heterocycles. The Morgan fingerprint density at radius 2 is 1.44 bits per heavy atom. The molecule has 3 aromatic rings. The van der Waals surface area contributed by atoms with Gasteiger partial charge in [0.15, 0.2) is 5.16 Å². The summed E-state index contributed by atoms with van der Waals surface area (Å²) in [5.74, 6) is -1.21. The summed E-state index contributed by atoms with van der Waals surface area (Å²) < 4.78 is 0. The zero-order chi connectivity index (χ0) is 19.4. The van der Waals surface area contributed by atoms with Gasteiger partial charge < -0.3 is 5.32 Å². The lowest BCUT2D eigenvalue weighted by molar-refractivity contribution is -0.112. The second-order valence-corrected chi connectivity index (χ2v) is 7.25. The van der Waals surface area contributed by atoms with Crippen molar-refractivity contribution in [2.45, 2.75) is 30.8 Å². The van der Waals surface area contributed by atoms with Crippen LogP contribution in [0.2, 0.25) is 0 Å². The fourth-order valence-corrected chi connectivity index (χ4v) is 3.34. The Hall–Kier alpha value is -2.99. The topological polar surface area (TPSA) is 72.0 Å². The molecule has 2 aromatic carbocycles. The van der Waals surface area contributed by atoms with Gasteiger partial charge >= 0.3 is 0 Å². The van der Waals surface area contributed by atoms with E-state index < -0.39 is 11.7 Å². The van der Waals surface area contributed by atoms with Gasteiger partial charge in [-0.15, -0.1) is 0 Å². The average molecular weight is 377 g/mol. The number of nitrogens with zero attached hydrogens (tertiary/aromatic N) is 2. The summed E-state index contributed by atoms with van der Waals surface area (Å²) in [7, 11) is 0. The molecule has 136 valence electrons. The van der Waals surface area contributed by atoms with E-state index in [2.05, 4.69) is 15.3 Å². The molecule has 0 fully saturated rings. The molecule has 1 N–H and O–H groups in total. The minimum absolute atomic E-state index is 0.372. The smallest absolute Gasteiger partial charge is 0.296 e. The minimum atomic E-state index is -0.656. The highest BCUT2D eigenvalue weighted by Crippen LogP contribution is 2.26. The second-order valence-electron chi connectivity index (χ2n) is 6.21. The van der Waals surface area contributed by atoms with Crippen molar-refractivity contribution in [1.82, 2.24) is 9.97 Å². The van der Waals surface area contributed by atoms with Gasteiger partial charge in [0.2, 0.25) is 0 Å². The van der Waals surface area contributed by atoms with Crippen molar-refractivity contribution in [3.05, 3.63) is 77.1 Å². The fourth-order valence-electron chi connectivity index (χ4n) is 2.47. The number of carbonyl (C=O) groups excluding carboxylic acids is 2. The SMILES string of the molecule is Cc1ccc(C(=O)C(=O)Nc2ccc(Sc3nc(C)cc(C)n3)cc2)cc1. The largest absolute Gasteiger partial charge is 0.319 e. The highest BCUT2D eigenvalue weighted by atomic mass is 32.2. The highest BCUT2D eigenvalue weighted by molar-refractivity contribution is 7.99. The molecule has 27 heavy (non-hydrogen) atoms. The van der Waals surface area contributed by atoms with Crippen molar-refractivity contribution in [1.29, 1.82) is 0 Å². The molecule has 1 heterocycles. The van der Waals surface area contributed by atoms with Crippen LogP contribution in [0.15, 0.2) is 64.6 Å². The van der Waals surface area contributed by atoms with Crippen LogP contribution in [-0.4, -0.2) is 21.7 Å². The number of carbonyl (C=O) groups is 2. The quantitative estimate of drug-likeness (QED) is 0.406. The van der Waals surface area contributed by atoms with Gasteiger partial charge in [-0.25, -0.2) is 9.97 Å². The van der Waals surface area contributed by atoms with Gasteiger partial charge in [-0.05, 0) is 62.9 Å². The first kappa shape index (κ1) is 18.8. The number of nitrogens with one attached hydrogen (secondary N) is 1. The van der Waals surface area contributed by atoms with Crippen LogP contribution in [0.1, 0.15) is 27.3 Å². The molecule has 6 heteroatoms. The number of aromatic nitrogens is 2. The molecule has 1 aromatic heterocycles. The van der Waals surface area contributed by atoms with Crippen molar-refractivity contribution >= 4 is 29.1 Å². The molecule has 0 saturated carbocycles. The van der Waals surface area contributed by atoms with Crippen molar-refractivity contribution in [2.24, 2.45) is 0 Å². The highest BCUT2D eigenvalue weighted by Gasteiger charge is 2.16. The van der Waals surface area contributed by atoms with Gasteiger partial charge in [-0.3, -0.25) is 9.59 Å². The van der Waals surface area contributed by atoms with E-state index in [4.69, 9.17) is 0 Å².